The SMILES string of the molecule is CC(CCC(C)(C)C)NC1CCN(C)CC1. The second-order valence-electron chi connectivity index (χ2n) is 6.74. The van der Waals surface area contributed by atoms with Gasteiger partial charge in [-0.15, -0.1) is 0 Å². The third kappa shape index (κ3) is 5.86. The molecule has 2 heteroatoms. The molecule has 0 saturated carbocycles. The molecule has 1 rings (SSSR count). The van der Waals surface area contributed by atoms with Gasteiger partial charge in [0.1, 0.15) is 0 Å². The fourth-order valence-electron chi connectivity index (χ4n) is 2.31. The molecule has 0 aromatic rings. The molecule has 0 bridgehead atoms. The molecule has 0 aromatic heterocycles. The van der Waals surface area contributed by atoms with Crippen molar-refractivity contribution in [2.24, 2.45) is 5.41 Å². The van der Waals surface area contributed by atoms with Gasteiger partial charge >= 0.3 is 0 Å². The number of hydrogen-bond donors (Lipinski definition) is 1. The molecule has 0 spiro atoms. The number of hydrogen-bond acceptors (Lipinski definition) is 2. The van der Waals surface area contributed by atoms with Gasteiger partial charge < -0.3 is 10.2 Å². The molecule has 1 heterocycles. The van der Waals surface area contributed by atoms with E-state index in [9.17, 15) is 0 Å². The Bertz CT molecular complexity index is 187. The zero-order chi connectivity index (χ0) is 12.2. The van der Waals surface area contributed by atoms with E-state index >= 15 is 0 Å². The summed E-state index contributed by atoms with van der Waals surface area (Å²) in [6, 6.07) is 1.43. The number of nitrogens with zero attached hydrogens (tertiary/aromatic N) is 1. The van der Waals surface area contributed by atoms with Gasteiger partial charge in [0.25, 0.3) is 0 Å². The summed E-state index contributed by atoms with van der Waals surface area (Å²) in [5.74, 6) is 0. The van der Waals surface area contributed by atoms with Gasteiger partial charge in [0.2, 0.25) is 0 Å². The summed E-state index contributed by atoms with van der Waals surface area (Å²) in [5, 5.41) is 3.79. The topological polar surface area (TPSA) is 15.3 Å². The molecule has 2 nitrogen and oxygen atoms in total. The lowest BCUT2D eigenvalue weighted by atomic mass is 9.88. The second kappa shape index (κ2) is 6.02. The number of nitrogens with one attached hydrogen (secondary N) is 1. The van der Waals surface area contributed by atoms with Crippen molar-refractivity contribution >= 4 is 0 Å². The number of likely N-dealkylation sites (tertiary alicyclic amines) is 1. The minimum atomic E-state index is 0.475. The first kappa shape index (κ1) is 14.0. The fraction of sp³-hybridized carbons (Fsp3) is 1.00. The molecule has 1 aliphatic rings. The Kier molecular flexibility index (Phi) is 5.26. The maximum Gasteiger partial charge on any atom is 0.00938 e. The monoisotopic (exact) mass is 226 g/mol. The Balaban J connectivity index is 2.16. The van der Waals surface area contributed by atoms with Crippen LogP contribution in [0.5, 0.6) is 0 Å². The van der Waals surface area contributed by atoms with Crippen LogP contribution in [-0.4, -0.2) is 37.1 Å². The quantitative estimate of drug-likeness (QED) is 0.793. The normalized spacial score (nSPS) is 22.3. The van der Waals surface area contributed by atoms with Crippen LogP contribution in [0.1, 0.15) is 53.4 Å². The predicted octanol–water partition coefficient (Wildman–Crippen LogP) is 2.89. The molecule has 1 aliphatic heterocycles. The zero-order valence-electron chi connectivity index (χ0n) is 11.8. The summed E-state index contributed by atoms with van der Waals surface area (Å²) in [7, 11) is 2.22. The van der Waals surface area contributed by atoms with E-state index in [0.29, 0.717) is 11.5 Å². The van der Waals surface area contributed by atoms with Gasteiger partial charge in [0.15, 0.2) is 0 Å². The van der Waals surface area contributed by atoms with Gasteiger partial charge in [-0.3, -0.25) is 0 Å². The van der Waals surface area contributed by atoms with E-state index in [4.69, 9.17) is 0 Å². The summed E-state index contributed by atoms with van der Waals surface area (Å²) in [6.45, 7) is 11.8. The Morgan fingerprint density at radius 2 is 1.81 bits per heavy atom. The average Bonchev–Trinajstić information content (AvgIpc) is 2.18. The first-order valence-corrected chi connectivity index (χ1v) is 6.81. The molecule has 1 N–H and O–H groups in total. The highest BCUT2D eigenvalue weighted by Gasteiger charge is 2.19. The first-order valence-electron chi connectivity index (χ1n) is 6.81. The zero-order valence-corrected chi connectivity index (χ0v) is 11.8. The predicted molar refractivity (Wildman–Crippen MR) is 71.8 cm³/mol. The largest absolute Gasteiger partial charge is 0.311 e. The fourth-order valence-corrected chi connectivity index (χ4v) is 2.31. The van der Waals surface area contributed by atoms with Gasteiger partial charge in [-0.25, -0.2) is 0 Å². The molecule has 1 atom stereocenters. The van der Waals surface area contributed by atoms with Crippen molar-refractivity contribution in [2.45, 2.75) is 65.5 Å². The molecule has 0 aromatic carbocycles. The molecule has 1 fully saturated rings. The highest BCUT2D eigenvalue weighted by molar-refractivity contribution is 4.78. The maximum atomic E-state index is 3.79. The smallest absolute Gasteiger partial charge is 0.00938 e. The van der Waals surface area contributed by atoms with Gasteiger partial charge in [-0.2, -0.15) is 0 Å². The summed E-state index contributed by atoms with van der Waals surface area (Å²) >= 11 is 0. The molecule has 1 saturated heterocycles. The molecule has 1 unspecified atom stereocenters. The molecule has 0 aliphatic carbocycles. The molecule has 16 heavy (non-hydrogen) atoms. The molecule has 0 radical (unpaired) electrons. The minimum Gasteiger partial charge on any atom is -0.311 e. The van der Waals surface area contributed by atoms with E-state index in [1.54, 1.807) is 0 Å². The van der Waals surface area contributed by atoms with Gasteiger partial charge in [-0.1, -0.05) is 20.8 Å². The second-order valence-corrected chi connectivity index (χ2v) is 6.74. The van der Waals surface area contributed by atoms with E-state index < -0.39 is 0 Å². The lowest BCUT2D eigenvalue weighted by Crippen LogP contribution is -2.44. The standard InChI is InChI=1S/C14H30N2/c1-12(6-9-14(2,3)4)15-13-7-10-16(5)11-8-13/h12-13,15H,6-11H2,1-5H3. The van der Waals surface area contributed by atoms with Crippen molar-refractivity contribution < 1.29 is 0 Å². The van der Waals surface area contributed by atoms with Crippen molar-refractivity contribution in [2.75, 3.05) is 20.1 Å². The van der Waals surface area contributed by atoms with Crippen LogP contribution in [0.15, 0.2) is 0 Å². The van der Waals surface area contributed by atoms with Crippen molar-refractivity contribution in [1.29, 1.82) is 0 Å². The van der Waals surface area contributed by atoms with Crippen LogP contribution < -0.4 is 5.32 Å². The Hall–Kier alpha value is -0.0800. The van der Waals surface area contributed by atoms with Crippen LogP contribution >= 0.6 is 0 Å². The summed E-state index contributed by atoms with van der Waals surface area (Å²) in [5.41, 5.74) is 0.475. The number of piperidine rings is 1. The van der Waals surface area contributed by atoms with E-state index in [1.807, 2.05) is 0 Å². The van der Waals surface area contributed by atoms with E-state index in [-0.39, 0.29) is 0 Å². The van der Waals surface area contributed by atoms with Crippen LogP contribution in [0.2, 0.25) is 0 Å². The minimum absolute atomic E-state index is 0.475. The average molecular weight is 226 g/mol. The Morgan fingerprint density at radius 3 is 2.31 bits per heavy atom. The van der Waals surface area contributed by atoms with Crippen molar-refractivity contribution in [3.05, 3.63) is 0 Å². The summed E-state index contributed by atoms with van der Waals surface area (Å²) in [6.07, 6.45) is 5.25. The molecule has 96 valence electrons. The summed E-state index contributed by atoms with van der Waals surface area (Å²) in [4.78, 5) is 2.43. The molecule has 0 amide bonds. The van der Waals surface area contributed by atoms with Crippen LogP contribution in [-0.2, 0) is 0 Å². The van der Waals surface area contributed by atoms with E-state index in [0.717, 1.165) is 6.04 Å². The lowest BCUT2D eigenvalue weighted by Gasteiger charge is -2.32. The lowest BCUT2D eigenvalue weighted by molar-refractivity contribution is 0.220. The number of rotatable bonds is 4. The van der Waals surface area contributed by atoms with Gasteiger partial charge in [0.05, 0.1) is 0 Å². The van der Waals surface area contributed by atoms with Crippen molar-refractivity contribution in [1.82, 2.24) is 10.2 Å². The summed E-state index contributed by atoms with van der Waals surface area (Å²) < 4.78 is 0. The third-order valence-electron chi connectivity index (χ3n) is 3.57. The van der Waals surface area contributed by atoms with Gasteiger partial charge in [0, 0.05) is 12.1 Å². The molecular weight excluding hydrogens is 196 g/mol. The maximum absolute atomic E-state index is 3.79. The Morgan fingerprint density at radius 1 is 1.25 bits per heavy atom. The highest BCUT2D eigenvalue weighted by Crippen LogP contribution is 2.22. The first-order chi connectivity index (χ1) is 7.37. The van der Waals surface area contributed by atoms with Crippen molar-refractivity contribution in [3.8, 4) is 0 Å². The molecular formula is C14H30N2. The van der Waals surface area contributed by atoms with E-state index in [1.165, 1.54) is 38.8 Å². The third-order valence-corrected chi connectivity index (χ3v) is 3.57. The van der Waals surface area contributed by atoms with Crippen molar-refractivity contribution in [3.63, 3.8) is 0 Å². The Labute approximate surface area is 102 Å². The van der Waals surface area contributed by atoms with E-state index in [2.05, 4.69) is 45.0 Å². The van der Waals surface area contributed by atoms with Crippen LogP contribution in [0.3, 0.4) is 0 Å². The van der Waals surface area contributed by atoms with Gasteiger partial charge in [-0.05, 0) is 58.2 Å². The van der Waals surface area contributed by atoms with Crippen LogP contribution in [0, 0.1) is 5.41 Å². The highest BCUT2D eigenvalue weighted by atomic mass is 15.1. The van der Waals surface area contributed by atoms with Crippen LogP contribution in [0.4, 0.5) is 0 Å². The van der Waals surface area contributed by atoms with Crippen LogP contribution in [0.25, 0.3) is 0 Å².